The average Bonchev–Trinajstić information content (AvgIpc) is 2.53. The standard InChI is InChI=1S/C13H16N2O6S/c16-12(17)9-14-22(19,20)11-3-1-10(2-4-11)13(18)15-5-7-21-8-6-15/h1-4,14H,5-9H2,(H,16,17). The van der Waals surface area contributed by atoms with E-state index < -0.39 is 22.5 Å². The Balaban J connectivity index is 2.09. The first-order valence-electron chi connectivity index (χ1n) is 6.59. The highest BCUT2D eigenvalue weighted by atomic mass is 32.2. The molecule has 1 aromatic carbocycles. The van der Waals surface area contributed by atoms with E-state index in [0.29, 0.717) is 31.9 Å². The minimum atomic E-state index is -3.90. The lowest BCUT2D eigenvalue weighted by Crippen LogP contribution is -2.40. The predicted octanol–water partition coefficient (Wildman–Crippen LogP) is -0.478. The van der Waals surface area contributed by atoms with E-state index in [4.69, 9.17) is 9.84 Å². The number of carboxylic acid groups (broad SMARTS) is 1. The molecule has 0 unspecified atom stereocenters. The summed E-state index contributed by atoms with van der Waals surface area (Å²) in [5, 5.41) is 8.50. The highest BCUT2D eigenvalue weighted by Gasteiger charge is 2.20. The second-order valence-electron chi connectivity index (χ2n) is 4.65. The lowest BCUT2D eigenvalue weighted by molar-refractivity contribution is -0.135. The monoisotopic (exact) mass is 328 g/mol. The van der Waals surface area contributed by atoms with Gasteiger partial charge in [0.15, 0.2) is 0 Å². The highest BCUT2D eigenvalue weighted by Crippen LogP contribution is 2.13. The molecular formula is C13H16N2O6S. The SMILES string of the molecule is O=C(O)CNS(=O)(=O)c1ccc(C(=O)N2CCOCC2)cc1. The number of nitrogens with zero attached hydrogens (tertiary/aromatic N) is 1. The van der Waals surface area contributed by atoms with Crippen molar-refractivity contribution in [3.63, 3.8) is 0 Å². The summed E-state index contributed by atoms with van der Waals surface area (Å²) in [5.41, 5.74) is 0.374. The molecule has 1 aromatic rings. The van der Waals surface area contributed by atoms with Gasteiger partial charge < -0.3 is 14.7 Å². The Morgan fingerprint density at radius 2 is 1.77 bits per heavy atom. The lowest BCUT2D eigenvalue weighted by atomic mass is 10.2. The molecule has 120 valence electrons. The Hall–Kier alpha value is -1.97. The van der Waals surface area contributed by atoms with Crippen molar-refractivity contribution < 1.29 is 27.9 Å². The van der Waals surface area contributed by atoms with E-state index in [0.717, 1.165) is 0 Å². The van der Waals surface area contributed by atoms with Gasteiger partial charge in [-0.25, -0.2) is 8.42 Å². The van der Waals surface area contributed by atoms with Gasteiger partial charge >= 0.3 is 5.97 Å². The van der Waals surface area contributed by atoms with Crippen LogP contribution < -0.4 is 4.72 Å². The Labute approximate surface area is 127 Å². The van der Waals surface area contributed by atoms with Crippen molar-refractivity contribution in [1.82, 2.24) is 9.62 Å². The fourth-order valence-electron chi connectivity index (χ4n) is 1.97. The molecule has 0 atom stereocenters. The Morgan fingerprint density at radius 1 is 1.18 bits per heavy atom. The van der Waals surface area contributed by atoms with Gasteiger partial charge in [0.25, 0.3) is 5.91 Å². The summed E-state index contributed by atoms with van der Waals surface area (Å²) in [7, 11) is -3.90. The topological polar surface area (TPSA) is 113 Å². The first-order valence-corrected chi connectivity index (χ1v) is 8.07. The predicted molar refractivity (Wildman–Crippen MR) is 76.0 cm³/mol. The van der Waals surface area contributed by atoms with Crippen molar-refractivity contribution in [3.05, 3.63) is 29.8 Å². The van der Waals surface area contributed by atoms with Crippen LogP contribution in [0.25, 0.3) is 0 Å². The van der Waals surface area contributed by atoms with Gasteiger partial charge in [-0.3, -0.25) is 9.59 Å². The summed E-state index contributed by atoms with van der Waals surface area (Å²) in [5.74, 6) is -1.46. The molecule has 1 saturated heterocycles. The smallest absolute Gasteiger partial charge is 0.318 e. The number of carbonyl (C=O) groups is 2. The van der Waals surface area contributed by atoms with E-state index >= 15 is 0 Å². The van der Waals surface area contributed by atoms with Crippen molar-refractivity contribution in [2.24, 2.45) is 0 Å². The number of carboxylic acids is 1. The molecule has 1 heterocycles. The fraction of sp³-hybridized carbons (Fsp3) is 0.385. The van der Waals surface area contributed by atoms with Gasteiger partial charge in [0.2, 0.25) is 10.0 Å². The number of hydrogen-bond donors (Lipinski definition) is 2. The minimum Gasteiger partial charge on any atom is -0.480 e. The van der Waals surface area contributed by atoms with Crippen molar-refractivity contribution in [3.8, 4) is 0 Å². The second kappa shape index (κ2) is 6.86. The molecule has 0 bridgehead atoms. The molecule has 1 aliphatic rings. The number of nitrogens with one attached hydrogen (secondary N) is 1. The summed E-state index contributed by atoms with van der Waals surface area (Å²) in [6.45, 7) is 1.27. The molecular weight excluding hydrogens is 312 g/mol. The van der Waals surface area contributed by atoms with Gasteiger partial charge in [-0.1, -0.05) is 0 Å². The number of sulfonamides is 1. The lowest BCUT2D eigenvalue weighted by Gasteiger charge is -2.26. The molecule has 1 aliphatic heterocycles. The third-order valence-electron chi connectivity index (χ3n) is 3.12. The van der Waals surface area contributed by atoms with Crippen LogP contribution >= 0.6 is 0 Å². The zero-order valence-electron chi connectivity index (χ0n) is 11.7. The molecule has 22 heavy (non-hydrogen) atoms. The molecule has 0 saturated carbocycles. The maximum atomic E-state index is 12.2. The van der Waals surface area contributed by atoms with Crippen LogP contribution in [-0.4, -0.2) is 63.1 Å². The van der Waals surface area contributed by atoms with Crippen molar-refractivity contribution in [2.75, 3.05) is 32.8 Å². The van der Waals surface area contributed by atoms with E-state index in [1.54, 1.807) is 4.90 Å². The van der Waals surface area contributed by atoms with Crippen LogP contribution in [0.5, 0.6) is 0 Å². The quantitative estimate of drug-likeness (QED) is 0.755. The summed E-state index contributed by atoms with van der Waals surface area (Å²) >= 11 is 0. The van der Waals surface area contributed by atoms with Crippen molar-refractivity contribution in [1.29, 1.82) is 0 Å². The summed E-state index contributed by atoms with van der Waals surface area (Å²) < 4.78 is 30.8. The van der Waals surface area contributed by atoms with Crippen LogP contribution in [0, 0.1) is 0 Å². The third kappa shape index (κ3) is 4.03. The molecule has 2 N–H and O–H groups in total. The van der Waals surface area contributed by atoms with Gasteiger partial charge in [0.1, 0.15) is 6.54 Å². The number of hydrogen-bond acceptors (Lipinski definition) is 5. The number of benzene rings is 1. The van der Waals surface area contributed by atoms with Crippen molar-refractivity contribution >= 4 is 21.9 Å². The number of ether oxygens (including phenoxy) is 1. The largest absolute Gasteiger partial charge is 0.480 e. The summed E-state index contributed by atoms with van der Waals surface area (Å²) in [6.07, 6.45) is 0. The van der Waals surface area contributed by atoms with Crippen LogP contribution in [0.4, 0.5) is 0 Å². The van der Waals surface area contributed by atoms with Gasteiger partial charge in [-0.15, -0.1) is 0 Å². The van der Waals surface area contributed by atoms with Crippen LogP contribution in [0.3, 0.4) is 0 Å². The van der Waals surface area contributed by atoms with Crippen LogP contribution in [0.15, 0.2) is 29.2 Å². The number of amides is 1. The van der Waals surface area contributed by atoms with E-state index in [-0.39, 0.29) is 10.8 Å². The molecule has 0 radical (unpaired) electrons. The van der Waals surface area contributed by atoms with Gasteiger partial charge in [0.05, 0.1) is 18.1 Å². The van der Waals surface area contributed by atoms with Gasteiger partial charge in [0, 0.05) is 18.7 Å². The zero-order valence-corrected chi connectivity index (χ0v) is 12.5. The van der Waals surface area contributed by atoms with E-state index in [9.17, 15) is 18.0 Å². The molecule has 1 amide bonds. The Morgan fingerprint density at radius 3 is 2.32 bits per heavy atom. The molecule has 0 spiro atoms. The van der Waals surface area contributed by atoms with Crippen LogP contribution in [0.2, 0.25) is 0 Å². The first-order chi connectivity index (χ1) is 10.4. The van der Waals surface area contributed by atoms with E-state index in [2.05, 4.69) is 0 Å². The highest BCUT2D eigenvalue weighted by molar-refractivity contribution is 7.89. The molecule has 1 fully saturated rings. The maximum absolute atomic E-state index is 12.2. The number of morpholine rings is 1. The first kappa shape index (κ1) is 16.4. The normalized spacial score (nSPS) is 15.5. The van der Waals surface area contributed by atoms with E-state index in [1.165, 1.54) is 24.3 Å². The fourth-order valence-corrected chi connectivity index (χ4v) is 2.94. The Bertz CT molecular complexity index is 650. The Kier molecular flexibility index (Phi) is 5.11. The van der Waals surface area contributed by atoms with Crippen LogP contribution in [0.1, 0.15) is 10.4 Å². The minimum absolute atomic E-state index is 0.0905. The van der Waals surface area contributed by atoms with Gasteiger partial charge in [-0.05, 0) is 24.3 Å². The molecule has 0 aliphatic carbocycles. The maximum Gasteiger partial charge on any atom is 0.318 e. The molecule has 2 rings (SSSR count). The number of rotatable bonds is 5. The molecule has 9 heteroatoms. The molecule has 8 nitrogen and oxygen atoms in total. The number of aliphatic carboxylic acids is 1. The summed E-state index contributed by atoms with van der Waals surface area (Å²) in [6, 6.07) is 5.37. The number of carbonyl (C=O) groups excluding carboxylic acids is 1. The van der Waals surface area contributed by atoms with E-state index in [1.807, 2.05) is 4.72 Å². The van der Waals surface area contributed by atoms with Crippen molar-refractivity contribution in [2.45, 2.75) is 4.90 Å². The second-order valence-corrected chi connectivity index (χ2v) is 6.41. The third-order valence-corrected chi connectivity index (χ3v) is 4.54. The average molecular weight is 328 g/mol. The van der Waals surface area contributed by atoms with Crippen LogP contribution in [-0.2, 0) is 19.6 Å². The molecule has 0 aromatic heterocycles. The zero-order chi connectivity index (χ0) is 16.2. The van der Waals surface area contributed by atoms with Gasteiger partial charge in [-0.2, -0.15) is 4.72 Å². The summed E-state index contributed by atoms with van der Waals surface area (Å²) in [4.78, 5) is 24.2.